The smallest absolute Gasteiger partial charge is 0.270 e. The van der Waals surface area contributed by atoms with Gasteiger partial charge in [-0.25, -0.2) is 9.97 Å². The Morgan fingerprint density at radius 2 is 2.05 bits per heavy atom. The lowest BCUT2D eigenvalue weighted by Crippen LogP contribution is -2.25. The summed E-state index contributed by atoms with van der Waals surface area (Å²) < 4.78 is 0. The van der Waals surface area contributed by atoms with Gasteiger partial charge in [-0.3, -0.25) is 9.78 Å². The Bertz CT molecular complexity index is 652. The predicted octanol–water partition coefficient (Wildman–Crippen LogP) is 2.54. The van der Waals surface area contributed by atoms with Gasteiger partial charge in [0.15, 0.2) is 0 Å². The van der Waals surface area contributed by atoms with Crippen molar-refractivity contribution in [2.75, 3.05) is 0 Å². The lowest BCUT2D eigenvalue weighted by Gasteiger charge is -2.09. The Kier molecular flexibility index (Phi) is 4.62. The number of amides is 1. The van der Waals surface area contributed by atoms with Crippen molar-refractivity contribution < 1.29 is 4.79 Å². The zero-order valence-corrected chi connectivity index (χ0v) is 12.8. The molecule has 0 aliphatic carbocycles. The molecule has 2 aromatic heterocycles. The van der Waals surface area contributed by atoms with Crippen molar-refractivity contribution in [3.63, 3.8) is 0 Å². The quantitative estimate of drug-likeness (QED) is 0.937. The number of aryl methyl sites for hydroxylation is 2. The maximum atomic E-state index is 12.1. The second kappa shape index (κ2) is 6.43. The molecule has 0 aromatic carbocycles. The second-order valence-corrected chi connectivity index (χ2v) is 5.39. The van der Waals surface area contributed by atoms with Gasteiger partial charge in [0.2, 0.25) is 0 Å². The Balaban J connectivity index is 2.06. The van der Waals surface area contributed by atoms with Crippen LogP contribution in [0.25, 0.3) is 0 Å². The van der Waals surface area contributed by atoms with Crippen LogP contribution in [0, 0.1) is 13.8 Å². The average molecular weight is 284 g/mol. The van der Waals surface area contributed by atoms with Crippen molar-refractivity contribution in [3.8, 4) is 0 Å². The third-order valence-corrected chi connectivity index (χ3v) is 3.22. The average Bonchev–Trinajstić information content (AvgIpc) is 2.46. The largest absolute Gasteiger partial charge is 0.347 e. The van der Waals surface area contributed by atoms with E-state index in [2.05, 4.69) is 20.3 Å². The molecule has 0 saturated carbocycles. The molecule has 1 N–H and O–H groups in total. The van der Waals surface area contributed by atoms with Gasteiger partial charge in [0.05, 0.1) is 0 Å². The summed E-state index contributed by atoms with van der Waals surface area (Å²) in [5.74, 6) is 0.677. The van der Waals surface area contributed by atoms with Crippen molar-refractivity contribution in [1.82, 2.24) is 20.3 Å². The molecule has 0 radical (unpaired) electrons. The Morgan fingerprint density at radius 1 is 1.29 bits per heavy atom. The first-order valence-electron chi connectivity index (χ1n) is 7.00. The summed E-state index contributed by atoms with van der Waals surface area (Å²) in [5, 5.41) is 2.87. The van der Waals surface area contributed by atoms with Crippen molar-refractivity contribution >= 4 is 5.91 Å². The van der Waals surface area contributed by atoms with E-state index in [0.29, 0.717) is 18.1 Å². The fraction of sp³-hybridized carbons (Fsp3) is 0.375. The Morgan fingerprint density at radius 3 is 2.71 bits per heavy atom. The van der Waals surface area contributed by atoms with Crippen LogP contribution in [-0.2, 0) is 6.54 Å². The number of pyridine rings is 1. The molecule has 0 aliphatic rings. The van der Waals surface area contributed by atoms with Gasteiger partial charge in [-0.1, -0.05) is 13.8 Å². The number of carbonyl (C=O) groups is 1. The van der Waals surface area contributed by atoms with E-state index in [0.717, 1.165) is 16.8 Å². The molecule has 0 unspecified atom stereocenters. The summed E-state index contributed by atoms with van der Waals surface area (Å²) in [6.45, 7) is 8.40. The summed E-state index contributed by atoms with van der Waals surface area (Å²) in [6, 6.07) is 3.63. The molecule has 2 rings (SSSR count). The minimum Gasteiger partial charge on any atom is -0.347 e. The normalized spacial score (nSPS) is 10.7. The van der Waals surface area contributed by atoms with Crippen molar-refractivity contribution in [2.24, 2.45) is 0 Å². The molecule has 21 heavy (non-hydrogen) atoms. The Hall–Kier alpha value is -2.30. The maximum Gasteiger partial charge on any atom is 0.270 e. The summed E-state index contributed by atoms with van der Waals surface area (Å²) in [4.78, 5) is 24.8. The molecule has 0 aliphatic heterocycles. The van der Waals surface area contributed by atoms with Gasteiger partial charge in [-0.05, 0) is 37.1 Å². The van der Waals surface area contributed by atoms with Gasteiger partial charge in [0.1, 0.15) is 11.5 Å². The predicted molar refractivity (Wildman–Crippen MR) is 81.0 cm³/mol. The highest BCUT2D eigenvalue weighted by molar-refractivity contribution is 5.92. The van der Waals surface area contributed by atoms with E-state index in [4.69, 9.17) is 0 Å². The number of rotatable bonds is 4. The number of hydrogen-bond acceptors (Lipinski definition) is 4. The van der Waals surface area contributed by atoms with Crippen LogP contribution in [0.3, 0.4) is 0 Å². The highest BCUT2D eigenvalue weighted by Crippen LogP contribution is 2.10. The fourth-order valence-electron chi connectivity index (χ4n) is 1.95. The van der Waals surface area contributed by atoms with Gasteiger partial charge >= 0.3 is 0 Å². The number of carbonyl (C=O) groups excluding carboxylic acids is 1. The van der Waals surface area contributed by atoms with Crippen molar-refractivity contribution in [1.29, 1.82) is 0 Å². The minimum absolute atomic E-state index is 0.195. The van der Waals surface area contributed by atoms with E-state index in [1.807, 2.05) is 33.8 Å². The molecule has 1 amide bonds. The van der Waals surface area contributed by atoms with Gasteiger partial charge < -0.3 is 5.32 Å². The third-order valence-electron chi connectivity index (χ3n) is 3.22. The van der Waals surface area contributed by atoms with Crippen LogP contribution in [0.4, 0.5) is 0 Å². The second-order valence-electron chi connectivity index (χ2n) is 5.39. The molecule has 5 heteroatoms. The highest BCUT2D eigenvalue weighted by Gasteiger charge is 2.11. The maximum absolute atomic E-state index is 12.1. The van der Waals surface area contributed by atoms with E-state index >= 15 is 0 Å². The number of nitrogens with zero attached hydrogens (tertiary/aromatic N) is 3. The van der Waals surface area contributed by atoms with Crippen LogP contribution < -0.4 is 5.32 Å². The van der Waals surface area contributed by atoms with E-state index in [1.54, 1.807) is 18.5 Å². The molecule has 0 atom stereocenters. The minimum atomic E-state index is -0.195. The molecular formula is C16H20N4O. The SMILES string of the molecule is Cc1cc(C)c(CNC(=O)c2ccnc(C(C)C)n2)cn1. The zero-order chi connectivity index (χ0) is 15.4. The monoisotopic (exact) mass is 284 g/mol. The van der Waals surface area contributed by atoms with Gasteiger partial charge in [-0.2, -0.15) is 0 Å². The van der Waals surface area contributed by atoms with Gasteiger partial charge in [0.25, 0.3) is 5.91 Å². The van der Waals surface area contributed by atoms with Gasteiger partial charge in [0, 0.05) is 30.6 Å². The molecule has 0 saturated heterocycles. The van der Waals surface area contributed by atoms with Crippen LogP contribution >= 0.6 is 0 Å². The lowest BCUT2D eigenvalue weighted by molar-refractivity contribution is 0.0945. The summed E-state index contributed by atoms with van der Waals surface area (Å²) >= 11 is 0. The van der Waals surface area contributed by atoms with Crippen LogP contribution in [0.5, 0.6) is 0 Å². The first-order valence-corrected chi connectivity index (χ1v) is 7.00. The molecular weight excluding hydrogens is 264 g/mol. The lowest BCUT2D eigenvalue weighted by atomic mass is 10.1. The molecule has 5 nitrogen and oxygen atoms in total. The Labute approximate surface area is 124 Å². The van der Waals surface area contributed by atoms with Crippen LogP contribution in [0.15, 0.2) is 24.5 Å². The number of hydrogen-bond donors (Lipinski definition) is 1. The van der Waals surface area contributed by atoms with E-state index in [1.165, 1.54) is 0 Å². The molecule has 0 fully saturated rings. The van der Waals surface area contributed by atoms with Gasteiger partial charge in [-0.15, -0.1) is 0 Å². The topological polar surface area (TPSA) is 67.8 Å². The van der Waals surface area contributed by atoms with Crippen molar-refractivity contribution in [2.45, 2.75) is 40.2 Å². The van der Waals surface area contributed by atoms with Crippen molar-refractivity contribution in [3.05, 3.63) is 52.9 Å². The molecule has 2 heterocycles. The molecule has 0 spiro atoms. The standard InChI is InChI=1S/C16H20N4O/c1-10(2)15-17-6-5-14(20-15)16(21)19-9-13-8-18-12(4)7-11(13)3/h5-8,10H,9H2,1-4H3,(H,19,21). The third kappa shape index (κ3) is 3.84. The first kappa shape index (κ1) is 15.1. The molecule has 2 aromatic rings. The summed E-state index contributed by atoms with van der Waals surface area (Å²) in [5.41, 5.74) is 3.49. The summed E-state index contributed by atoms with van der Waals surface area (Å²) in [7, 11) is 0. The van der Waals surface area contributed by atoms with E-state index < -0.39 is 0 Å². The zero-order valence-electron chi connectivity index (χ0n) is 12.8. The molecule has 110 valence electrons. The number of aromatic nitrogens is 3. The summed E-state index contributed by atoms with van der Waals surface area (Å²) in [6.07, 6.45) is 3.42. The molecule has 0 bridgehead atoms. The van der Waals surface area contributed by atoms with E-state index in [-0.39, 0.29) is 11.8 Å². The number of nitrogens with one attached hydrogen (secondary N) is 1. The van der Waals surface area contributed by atoms with E-state index in [9.17, 15) is 4.79 Å². The van der Waals surface area contributed by atoms with Crippen LogP contribution in [0.1, 0.15) is 52.9 Å². The highest BCUT2D eigenvalue weighted by atomic mass is 16.1. The van der Waals surface area contributed by atoms with Crippen LogP contribution in [0.2, 0.25) is 0 Å². The fourth-order valence-corrected chi connectivity index (χ4v) is 1.95. The first-order chi connectivity index (χ1) is 9.97. The van der Waals surface area contributed by atoms with Crippen LogP contribution in [-0.4, -0.2) is 20.9 Å².